The third kappa shape index (κ3) is 4.74. The first-order valence-electron chi connectivity index (χ1n) is 6.43. The van der Waals surface area contributed by atoms with Gasteiger partial charge in [0.25, 0.3) is 0 Å². The fraction of sp³-hybridized carbons (Fsp3) is 0.286. The summed E-state index contributed by atoms with van der Waals surface area (Å²) in [7, 11) is -1.62. The van der Waals surface area contributed by atoms with E-state index in [2.05, 4.69) is 0 Å². The smallest absolute Gasteiger partial charge is 0.215 e. The van der Waals surface area contributed by atoms with E-state index in [0.717, 1.165) is 9.77 Å². The van der Waals surface area contributed by atoms with Crippen molar-refractivity contribution < 1.29 is 8.42 Å². The monoisotopic (exact) mass is 342 g/mol. The summed E-state index contributed by atoms with van der Waals surface area (Å²) in [4.78, 5) is 1.97. The maximum atomic E-state index is 12.2. The van der Waals surface area contributed by atoms with Crippen LogP contribution in [-0.4, -0.2) is 31.3 Å². The zero-order valence-electron chi connectivity index (χ0n) is 11.7. The highest BCUT2D eigenvalue weighted by Gasteiger charge is 2.18. The molecule has 1 aromatic heterocycles. The van der Waals surface area contributed by atoms with Crippen molar-refractivity contribution in [3.8, 4) is 0 Å². The third-order valence-corrected chi connectivity index (χ3v) is 6.96. The second-order valence-electron chi connectivity index (χ2n) is 4.54. The average molecular weight is 343 g/mol. The van der Waals surface area contributed by atoms with Crippen molar-refractivity contribution in [3.63, 3.8) is 0 Å². The van der Waals surface area contributed by atoms with Crippen LogP contribution in [0.25, 0.3) is 0 Å². The number of rotatable bonds is 7. The van der Waals surface area contributed by atoms with E-state index in [1.54, 1.807) is 18.4 Å². The molecule has 1 heterocycles. The Hall–Kier alpha value is -1.02. The van der Waals surface area contributed by atoms with Gasteiger partial charge in [-0.2, -0.15) is 4.31 Å². The summed E-state index contributed by atoms with van der Waals surface area (Å²) in [5.74, 6) is 0.596. The van der Waals surface area contributed by atoms with E-state index < -0.39 is 10.0 Å². The van der Waals surface area contributed by atoms with Crippen molar-refractivity contribution >= 4 is 38.8 Å². The molecule has 0 aliphatic carbocycles. The number of hydrogen-bond acceptors (Lipinski definition) is 5. The molecule has 0 amide bonds. The van der Waals surface area contributed by atoms with E-state index in [9.17, 15) is 8.42 Å². The number of hydrogen-bond donors (Lipinski definition) is 1. The number of thiophene rings is 1. The van der Waals surface area contributed by atoms with Crippen LogP contribution in [-0.2, 0) is 16.6 Å². The van der Waals surface area contributed by atoms with Gasteiger partial charge in [0.2, 0.25) is 10.0 Å². The van der Waals surface area contributed by atoms with Gasteiger partial charge in [0.05, 0.1) is 5.75 Å². The molecule has 0 spiro atoms. The molecule has 1 aromatic carbocycles. The second-order valence-corrected chi connectivity index (χ2v) is 8.90. The Labute approximate surface area is 134 Å². The van der Waals surface area contributed by atoms with Gasteiger partial charge in [0, 0.05) is 34.8 Å². The molecule has 7 heteroatoms. The van der Waals surface area contributed by atoms with Gasteiger partial charge in [-0.1, -0.05) is 18.2 Å². The normalized spacial score (nSPS) is 11.9. The number of benzene rings is 1. The molecule has 0 aliphatic heterocycles. The van der Waals surface area contributed by atoms with Gasteiger partial charge in [-0.25, -0.2) is 8.42 Å². The van der Waals surface area contributed by atoms with E-state index in [1.165, 1.54) is 16.1 Å². The average Bonchev–Trinajstić information content (AvgIpc) is 2.93. The summed E-state index contributed by atoms with van der Waals surface area (Å²) in [6.07, 6.45) is 0. The Kier molecular flexibility index (Phi) is 5.69. The van der Waals surface area contributed by atoms with Crippen LogP contribution >= 0.6 is 23.1 Å². The van der Waals surface area contributed by atoms with Crippen LogP contribution in [0.3, 0.4) is 0 Å². The Morgan fingerprint density at radius 1 is 1.24 bits per heavy atom. The molecule has 2 rings (SSSR count). The predicted octanol–water partition coefficient (Wildman–Crippen LogP) is 2.88. The predicted molar refractivity (Wildman–Crippen MR) is 91.2 cm³/mol. The topological polar surface area (TPSA) is 63.4 Å². The number of nitrogen functional groups attached to an aromatic ring is 1. The Morgan fingerprint density at radius 3 is 2.67 bits per heavy atom. The molecule has 0 atom stereocenters. The summed E-state index contributed by atoms with van der Waals surface area (Å²) < 4.78 is 25.8. The minimum atomic E-state index is -3.24. The van der Waals surface area contributed by atoms with Gasteiger partial charge in [-0.05, 0) is 23.6 Å². The molecule has 0 aliphatic rings. The van der Waals surface area contributed by atoms with Gasteiger partial charge >= 0.3 is 0 Å². The van der Waals surface area contributed by atoms with Crippen molar-refractivity contribution in [3.05, 3.63) is 46.7 Å². The van der Waals surface area contributed by atoms with Gasteiger partial charge < -0.3 is 5.73 Å². The lowest BCUT2D eigenvalue weighted by Crippen LogP contribution is -2.29. The number of thioether (sulfide) groups is 1. The Bertz CT molecular complexity index is 669. The number of anilines is 1. The summed E-state index contributed by atoms with van der Waals surface area (Å²) >= 11 is 3.03. The van der Waals surface area contributed by atoms with E-state index in [0.29, 0.717) is 18.0 Å². The molecule has 21 heavy (non-hydrogen) atoms. The highest BCUT2D eigenvalue weighted by molar-refractivity contribution is 8.00. The van der Waals surface area contributed by atoms with Crippen molar-refractivity contribution in [2.24, 2.45) is 0 Å². The molecule has 2 aromatic rings. The molecule has 0 unspecified atom stereocenters. The van der Waals surface area contributed by atoms with Crippen molar-refractivity contribution in [2.45, 2.75) is 11.4 Å². The zero-order chi connectivity index (χ0) is 15.3. The molecule has 2 N–H and O–H groups in total. The highest BCUT2D eigenvalue weighted by Crippen LogP contribution is 2.24. The molecule has 0 saturated carbocycles. The molecule has 0 fully saturated rings. The minimum Gasteiger partial charge on any atom is -0.398 e. The first-order chi connectivity index (χ1) is 9.99. The van der Waals surface area contributed by atoms with E-state index in [1.807, 2.05) is 41.8 Å². The van der Waals surface area contributed by atoms with Crippen LogP contribution < -0.4 is 5.73 Å². The first kappa shape index (κ1) is 16.4. The van der Waals surface area contributed by atoms with Gasteiger partial charge in [-0.15, -0.1) is 23.1 Å². The first-order valence-corrected chi connectivity index (χ1v) is 9.90. The van der Waals surface area contributed by atoms with Crippen LogP contribution in [0.1, 0.15) is 4.88 Å². The van der Waals surface area contributed by atoms with Crippen LogP contribution in [0.15, 0.2) is 46.7 Å². The van der Waals surface area contributed by atoms with Crippen LogP contribution in [0.2, 0.25) is 0 Å². The summed E-state index contributed by atoms with van der Waals surface area (Å²) in [6, 6.07) is 11.4. The number of sulfonamides is 1. The van der Waals surface area contributed by atoms with E-state index in [-0.39, 0.29) is 5.75 Å². The molecule has 0 bridgehead atoms. The number of nitrogens with zero attached hydrogens (tertiary/aromatic N) is 1. The quantitative estimate of drug-likeness (QED) is 0.621. The molecule has 0 saturated heterocycles. The van der Waals surface area contributed by atoms with Crippen molar-refractivity contribution in [1.29, 1.82) is 0 Å². The molecular formula is C14H18N2O2S3. The molecule has 114 valence electrons. The zero-order valence-corrected chi connectivity index (χ0v) is 14.2. The molecular weight excluding hydrogens is 324 g/mol. The molecule has 0 radical (unpaired) electrons. The Morgan fingerprint density at radius 2 is 2.00 bits per heavy atom. The maximum Gasteiger partial charge on any atom is 0.215 e. The van der Waals surface area contributed by atoms with Gasteiger partial charge in [0.15, 0.2) is 0 Å². The third-order valence-electron chi connectivity index (χ3n) is 2.95. The summed E-state index contributed by atoms with van der Waals surface area (Å²) in [5.41, 5.74) is 6.53. The van der Waals surface area contributed by atoms with Gasteiger partial charge in [-0.3, -0.25) is 0 Å². The fourth-order valence-corrected chi connectivity index (χ4v) is 5.04. The Balaban J connectivity index is 1.88. The van der Waals surface area contributed by atoms with Crippen molar-refractivity contribution in [1.82, 2.24) is 4.31 Å². The molecule has 4 nitrogen and oxygen atoms in total. The van der Waals surface area contributed by atoms with Gasteiger partial charge in [0.1, 0.15) is 0 Å². The van der Waals surface area contributed by atoms with E-state index in [4.69, 9.17) is 5.73 Å². The summed E-state index contributed by atoms with van der Waals surface area (Å²) in [5, 5.41) is 1.95. The lowest BCUT2D eigenvalue weighted by atomic mass is 10.3. The van der Waals surface area contributed by atoms with Crippen LogP contribution in [0.5, 0.6) is 0 Å². The maximum absolute atomic E-state index is 12.2. The standard InChI is InChI=1S/C14H18N2O2S3/c1-16(11-12-5-4-8-19-12)21(17,18)10-9-20-14-7-3-2-6-13(14)15/h2-8H,9-11,15H2,1H3. The van der Waals surface area contributed by atoms with Crippen LogP contribution in [0, 0.1) is 0 Å². The highest BCUT2D eigenvalue weighted by atomic mass is 32.2. The number of para-hydroxylation sites is 1. The summed E-state index contributed by atoms with van der Waals surface area (Å²) in [6.45, 7) is 0.429. The number of nitrogens with two attached hydrogens (primary N) is 1. The fourth-order valence-electron chi connectivity index (χ4n) is 1.75. The lowest BCUT2D eigenvalue weighted by molar-refractivity contribution is 0.471. The van der Waals surface area contributed by atoms with E-state index >= 15 is 0 Å². The van der Waals surface area contributed by atoms with Crippen LogP contribution in [0.4, 0.5) is 5.69 Å². The lowest BCUT2D eigenvalue weighted by Gasteiger charge is -2.16. The largest absolute Gasteiger partial charge is 0.398 e. The SMILES string of the molecule is CN(Cc1cccs1)S(=O)(=O)CCSc1ccccc1N. The second kappa shape index (κ2) is 7.31. The minimum absolute atomic E-state index is 0.105. The van der Waals surface area contributed by atoms with Crippen molar-refractivity contribution in [2.75, 3.05) is 24.3 Å².